The van der Waals surface area contributed by atoms with E-state index in [0.717, 1.165) is 37.0 Å². The number of rotatable bonds is 4. The van der Waals surface area contributed by atoms with Gasteiger partial charge in [-0.25, -0.2) is 4.98 Å². The van der Waals surface area contributed by atoms with Crippen molar-refractivity contribution in [3.8, 4) is 0 Å². The summed E-state index contributed by atoms with van der Waals surface area (Å²) in [5.74, 6) is 0.534. The number of nitrogens with zero attached hydrogens (tertiary/aromatic N) is 3. The maximum atomic E-state index is 12.8. The Kier molecular flexibility index (Phi) is 5.16. The maximum Gasteiger partial charge on any atom is 0.253 e. The Labute approximate surface area is 162 Å². The van der Waals surface area contributed by atoms with Crippen LogP contribution in [0.2, 0.25) is 0 Å². The molecule has 3 aromatic rings. The van der Waals surface area contributed by atoms with Gasteiger partial charge in [0.2, 0.25) is 0 Å². The smallest absolute Gasteiger partial charge is 0.253 e. The summed E-state index contributed by atoms with van der Waals surface area (Å²) < 4.78 is 1.24. The molecule has 138 valence electrons. The second kappa shape index (κ2) is 7.88. The van der Waals surface area contributed by atoms with Gasteiger partial charge in [0.25, 0.3) is 5.91 Å². The van der Waals surface area contributed by atoms with Crippen molar-refractivity contribution in [2.75, 3.05) is 20.2 Å². The van der Waals surface area contributed by atoms with E-state index in [-0.39, 0.29) is 5.91 Å². The van der Waals surface area contributed by atoms with E-state index in [0.29, 0.717) is 11.5 Å². The number of aromatic nitrogens is 1. The molecule has 0 N–H and O–H groups in total. The normalized spacial score (nSPS) is 15.5. The number of hydrogen-bond donors (Lipinski definition) is 0. The van der Waals surface area contributed by atoms with Crippen molar-refractivity contribution in [1.82, 2.24) is 9.88 Å². The second-order valence-corrected chi connectivity index (χ2v) is 7.69. The minimum atomic E-state index is 0.0907. The Morgan fingerprint density at radius 1 is 1.19 bits per heavy atom. The van der Waals surface area contributed by atoms with Gasteiger partial charge in [0.15, 0.2) is 0 Å². The lowest BCUT2D eigenvalue weighted by molar-refractivity contribution is 0.0713. The zero-order valence-electron chi connectivity index (χ0n) is 15.2. The van der Waals surface area contributed by atoms with Gasteiger partial charge in [0, 0.05) is 24.6 Å². The van der Waals surface area contributed by atoms with Crippen LogP contribution in [-0.2, 0) is 4.84 Å². The Morgan fingerprint density at radius 3 is 2.63 bits per heavy atom. The van der Waals surface area contributed by atoms with E-state index < -0.39 is 0 Å². The van der Waals surface area contributed by atoms with Gasteiger partial charge in [-0.15, -0.1) is 11.3 Å². The van der Waals surface area contributed by atoms with Crippen molar-refractivity contribution in [2.45, 2.75) is 18.8 Å². The number of benzene rings is 2. The zero-order chi connectivity index (χ0) is 18.6. The molecule has 1 saturated heterocycles. The number of likely N-dealkylation sites (tertiary alicyclic amines) is 1. The first-order valence-electron chi connectivity index (χ1n) is 9.06. The molecule has 2 aromatic carbocycles. The standard InChI is InChI=1S/C21H21N3O2S/c1-26-22-14-15-6-8-17(9-7-15)21(25)24-12-10-16(11-13-24)20-23-18-4-2-3-5-19(18)27-20/h2-9,14,16H,10-13H2,1H3/b22-14+. The number of carbonyl (C=O) groups is 1. The van der Waals surface area contributed by atoms with Crippen molar-refractivity contribution in [3.05, 3.63) is 64.7 Å². The summed E-state index contributed by atoms with van der Waals surface area (Å²) in [4.78, 5) is 24.2. The summed E-state index contributed by atoms with van der Waals surface area (Å²) in [6.07, 6.45) is 3.55. The number of para-hydroxylation sites is 1. The van der Waals surface area contributed by atoms with E-state index in [9.17, 15) is 4.79 Å². The first-order valence-corrected chi connectivity index (χ1v) is 9.87. The number of amides is 1. The van der Waals surface area contributed by atoms with E-state index in [2.05, 4.69) is 28.2 Å². The van der Waals surface area contributed by atoms with Crippen LogP contribution in [0.5, 0.6) is 0 Å². The molecule has 27 heavy (non-hydrogen) atoms. The zero-order valence-corrected chi connectivity index (χ0v) is 16.0. The Balaban J connectivity index is 1.39. The highest BCUT2D eigenvalue weighted by Crippen LogP contribution is 2.34. The van der Waals surface area contributed by atoms with E-state index in [1.165, 1.54) is 16.8 Å². The van der Waals surface area contributed by atoms with Gasteiger partial charge in [-0.1, -0.05) is 29.4 Å². The lowest BCUT2D eigenvalue weighted by Crippen LogP contribution is -2.37. The number of thiazole rings is 1. The minimum Gasteiger partial charge on any atom is -0.399 e. The molecule has 0 atom stereocenters. The molecule has 2 heterocycles. The number of fused-ring (bicyclic) bond motifs is 1. The average Bonchev–Trinajstić information content (AvgIpc) is 3.16. The monoisotopic (exact) mass is 379 g/mol. The average molecular weight is 379 g/mol. The van der Waals surface area contributed by atoms with E-state index in [4.69, 9.17) is 4.98 Å². The van der Waals surface area contributed by atoms with Gasteiger partial charge in [-0.3, -0.25) is 4.79 Å². The van der Waals surface area contributed by atoms with Gasteiger partial charge in [0.1, 0.15) is 7.11 Å². The van der Waals surface area contributed by atoms with Crippen molar-refractivity contribution >= 4 is 33.7 Å². The quantitative estimate of drug-likeness (QED) is 0.502. The molecule has 1 amide bonds. The summed E-state index contributed by atoms with van der Waals surface area (Å²) in [5.41, 5.74) is 2.69. The van der Waals surface area contributed by atoms with Crippen LogP contribution < -0.4 is 0 Å². The fraction of sp³-hybridized carbons (Fsp3) is 0.286. The summed E-state index contributed by atoms with van der Waals surface area (Å²) in [6, 6.07) is 15.7. The third-order valence-electron chi connectivity index (χ3n) is 4.91. The Hall–Kier alpha value is -2.73. The predicted octanol–water partition coefficient (Wildman–Crippen LogP) is 4.30. The Bertz CT molecular complexity index is 924. The maximum absolute atomic E-state index is 12.8. The molecular formula is C21H21N3O2S. The van der Waals surface area contributed by atoms with Crippen molar-refractivity contribution < 1.29 is 9.63 Å². The molecule has 0 unspecified atom stereocenters. The van der Waals surface area contributed by atoms with Crippen LogP contribution in [-0.4, -0.2) is 42.2 Å². The minimum absolute atomic E-state index is 0.0907. The van der Waals surface area contributed by atoms with E-state index in [1.807, 2.05) is 35.2 Å². The highest BCUT2D eigenvalue weighted by molar-refractivity contribution is 7.18. The summed E-state index contributed by atoms with van der Waals surface area (Å²) in [7, 11) is 1.51. The molecule has 1 aliphatic heterocycles. The van der Waals surface area contributed by atoms with E-state index >= 15 is 0 Å². The van der Waals surface area contributed by atoms with Crippen LogP contribution in [0.3, 0.4) is 0 Å². The van der Waals surface area contributed by atoms with Crippen LogP contribution in [0.4, 0.5) is 0 Å². The number of carbonyl (C=O) groups excluding carboxylic acids is 1. The van der Waals surface area contributed by atoms with Crippen LogP contribution >= 0.6 is 11.3 Å². The lowest BCUT2D eigenvalue weighted by atomic mass is 9.97. The third kappa shape index (κ3) is 3.85. The molecule has 0 spiro atoms. The van der Waals surface area contributed by atoms with Crippen LogP contribution in [0.1, 0.15) is 39.7 Å². The van der Waals surface area contributed by atoms with Crippen LogP contribution in [0, 0.1) is 0 Å². The molecule has 1 fully saturated rings. The molecule has 0 saturated carbocycles. The molecule has 4 rings (SSSR count). The fourth-order valence-electron chi connectivity index (χ4n) is 3.40. The highest BCUT2D eigenvalue weighted by Gasteiger charge is 2.26. The lowest BCUT2D eigenvalue weighted by Gasteiger charge is -2.31. The van der Waals surface area contributed by atoms with E-state index in [1.54, 1.807) is 17.6 Å². The first kappa shape index (κ1) is 17.7. The largest absolute Gasteiger partial charge is 0.399 e. The molecular weight excluding hydrogens is 358 g/mol. The molecule has 6 heteroatoms. The topological polar surface area (TPSA) is 54.8 Å². The van der Waals surface area contributed by atoms with Gasteiger partial charge >= 0.3 is 0 Å². The number of hydrogen-bond acceptors (Lipinski definition) is 5. The fourth-order valence-corrected chi connectivity index (χ4v) is 4.54. The van der Waals surface area contributed by atoms with Gasteiger partial charge in [-0.05, 0) is 42.7 Å². The Morgan fingerprint density at radius 2 is 1.93 bits per heavy atom. The molecule has 0 bridgehead atoms. The van der Waals surface area contributed by atoms with Crippen LogP contribution in [0.25, 0.3) is 10.2 Å². The summed E-state index contributed by atoms with van der Waals surface area (Å²) >= 11 is 1.78. The van der Waals surface area contributed by atoms with Gasteiger partial charge in [0.05, 0.1) is 21.4 Å². The number of piperidine rings is 1. The van der Waals surface area contributed by atoms with Gasteiger partial charge < -0.3 is 9.74 Å². The first-order chi connectivity index (χ1) is 13.2. The summed E-state index contributed by atoms with van der Waals surface area (Å²) in [6.45, 7) is 1.54. The molecule has 0 radical (unpaired) electrons. The number of oxime groups is 1. The second-order valence-electron chi connectivity index (χ2n) is 6.63. The van der Waals surface area contributed by atoms with Crippen LogP contribution in [0.15, 0.2) is 53.7 Å². The summed E-state index contributed by atoms with van der Waals surface area (Å²) in [5, 5.41) is 4.93. The van der Waals surface area contributed by atoms with Gasteiger partial charge in [-0.2, -0.15) is 0 Å². The molecule has 1 aromatic heterocycles. The van der Waals surface area contributed by atoms with Crippen molar-refractivity contribution in [3.63, 3.8) is 0 Å². The molecule has 0 aliphatic carbocycles. The predicted molar refractivity (Wildman–Crippen MR) is 109 cm³/mol. The highest BCUT2D eigenvalue weighted by atomic mass is 32.1. The molecule has 5 nitrogen and oxygen atoms in total. The van der Waals surface area contributed by atoms with Crippen molar-refractivity contribution in [1.29, 1.82) is 0 Å². The van der Waals surface area contributed by atoms with Crippen molar-refractivity contribution in [2.24, 2.45) is 5.16 Å². The molecule has 1 aliphatic rings. The third-order valence-corrected chi connectivity index (χ3v) is 6.11. The SMILES string of the molecule is CO/N=C/c1ccc(C(=O)N2CCC(c3nc4ccccc4s3)CC2)cc1.